The van der Waals surface area contributed by atoms with Crippen LogP contribution in [0.25, 0.3) is 11.1 Å². The maximum Gasteiger partial charge on any atom is 0.407 e. The number of nitrogens with one attached hydrogen (secondary N) is 2. The molecule has 8 nitrogen and oxygen atoms in total. The van der Waals surface area contributed by atoms with Crippen LogP contribution in [-0.4, -0.2) is 47.3 Å². The number of aliphatic hydroxyl groups excluding tert-OH is 2. The average molecular weight is 472 g/mol. The van der Waals surface area contributed by atoms with Crippen molar-refractivity contribution in [2.75, 3.05) is 18.5 Å². The molecule has 4 N–H and O–H groups in total. The summed E-state index contributed by atoms with van der Waals surface area (Å²) in [6, 6.07) is 20.6. The van der Waals surface area contributed by atoms with Crippen LogP contribution in [0.1, 0.15) is 45.5 Å². The van der Waals surface area contributed by atoms with Gasteiger partial charge in [0.05, 0.1) is 17.4 Å². The Morgan fingerprint density at radius 3 is 2.29 bits per heavy atom. The van der Waals surface area contributed by atoms with Crippen molar-refractivity contribution >= 4 is 23.5 Å². The van der Waals surface area contributed by atoms with Gasteiger partial charge in [0.2, 0.25) is 0 Å². The summed E-state index contributed by atoms with van der Waals surface area (Å²) >= 11 is 0. The van der Waals surface area contributed by atoms with E-state index in [2.05, 4.69) is 22.8 Å². The molecule has 178 valence electrons. The highest BCUT2D eigenvalue weighted by Gasteiger charge is 2.30. The van der Waals surface area contributed by atoms with E-state index >= 15 is 0 Å². The summed E-state index contributed by atoms with van der Waals surface area (Å²) < 4.78 is 5.47. The smallest absolute Gasteiger partial charge is 0.407 e. The van der Waals surface area contributed by atoms with Crippen LogP contribution < -0.4 is 10.6 Å². The van der Waals surface area contributed by atoms with Crippen LogP contribution in [0.2, 0.25) is 0 Å². The van der Waals surface area contributed by atoms with E-state index in [9.17, 15) is 24.6 Å². The lowest BCUT2D eigenvalue weighted by atomic mass is 9.98. The van der Waals surface area contributed by atoms with Gasteiger partial charge in [-0.15, -0.1) is 0 Å². The first-order valence-corrected chi connectivity index (χ1v) is 11.4. The molecule has 8 heteroatoms. The van der Waals surface area contributed by atoms with Gasteiger partial charge >= 0.3 is 6.09 Å². The van der Waals surface area contributed by atoms with Crippen LogP contribution >= 0.6 is 0 Å². The molecule has 0 saturated heterocycles. The lowest BCUT2D eigenvalue weighted by molar-refractivity contribution is -0.112. The van der Waals surface area contributed by atoms with Gasteiger partial charge in [0.1, 0.15) is 12.7 Å². The Morgan fingerprint density at radius 1 is 0.943 bits per heavy atom. The molecular formula is C27H24N2O6. The first kappa shape index (κ1) is 22.8. The highest BCUT2D eigenvalue weighted by Crippen LogP contribution is 2.44. The summed E-state index contributed by atoms with van der Waals surface area (Å²) in [6.45, 7) is 0.264. The highest BCUT2D eigenvalue weighted by molar-refractivity contribution is 6.51. The summed E-state index contributed by atoms with van der Waals surface area (Å²) in [5, 5.41) is 25.9. The molecule has 3 aromatic carbocycles. The van der Waals surface area contributed by atoms with E-state index in [4.69, 9.17) is 4.74 Å². The normalized spacial score (nSPS) is 15.6. The van der Waals surface area contributed by atoms with Crippen LogP contribution in [0.3, 0.4) is 0 Å². The second-order valence-corrected chi connectivity index (χ2v) is 8.64. The number of ether oxygens (including phenoxy) is 1. The topological polar surface area (TPSA) is 125 Å². The standard InChI is InChI=1S/C27H24N2O6/c30-23(24(31)15-9-10-22-20(13-15)25(32)26(33)29-22)11-12-28-27(34)35-14-21-18-7-3-1-5-16(18)17-6-2-4-8-19(17)21/h1-10,13,21,23-24,30-31H,11-12,14H2,(H,28,34)(H,29,32,33). The van der Waals surface area contributed by atoms with Crippen molar-refractivity contribution in [3.05, 3.63) is 89.0 Å². The zero-order valence-corrected chi connectivity index (χ0v) is 18.7. The number of carbonyl (C=O) groups excluding carboxylic acids is 3. The molecule has 2 amide bonds. The molecule has 0 radical (unpaired) electrons. The minimum absolute atomic E-state index is 0.0514. The quantitative estimate of drug-likeness (QED) is 0.392. The minimum atomic E-state index is -1.28. The van der Waals surface area contributed by atoms with E-state index in [1.165, 1.54) is 18.2 Å². The van der Waals surface area contributed by atoms with Crippen LogP contribution in [0, 0.1) is 0 Å². The van der Waals surface area contributed by atoms with Gasteiger partial charge in [-0.2, -0.15) is 0 Å². The van der Waals surface area contributed by atoms with Crippen molar-refractivity contribution in [1.29, 1.82) is 0 Å². The number of amides is 2. The van der Waals surface area contributed by atoms with Gasteiger partial charge < -0.3 is 25.6 Å². The Morgan fingerprint density at radius 2 is 1.60 bits per heavy atom. The summed E-state index contributed by atoms with van der Waals surface area (Å²) in [5.41, 5.74) is 5.36. The lowest BCUT2D eigenvalue weighted by Crippen LogP contribution is -2.30. The zero-order chi connectivity index (χ0) is 24.5. The number of alkyl carbamates (subject to hydrolysis) is 1. The van der Waals surface area contributed by atoms with Gasteiger partial charge in [0.25, 0.3) is 11.7 Å². The molecule has 3 aromatic rings. The second-order valence-electron chi connectivity index (χ2n) is 8.64. The number of Topliss-reactive ketones (excluding diaryl/α,β-unsaturated/α-hetero) is 1. The van der Waals surface area contributed by atoms with Crippen LogP contribution in [0.15, 0.2) is 66.7 Å². The largest absolute Gasteiger partial charge is 0.449 e. The number of fused-ring (bicyclic) bond motifs is 4. The summed E-state index contributed by atoms with van der Waals surface area (Å²) in [7, 11) is 0. The van der Waals surface area contributed by atoms with Gasteiger partial charge in [0.15, 0.2) is 0 Å². The Hall–Kier alpha value is -4.01. The third-order valence-electron chi connectivity index (χ3n) is 6.50. The van der Waals surface area contributed by atoms with E-state index in [0.29, 0.717) is 11.3 Å². The molecule has 2 atom stereocenters. The summed E-state index contributed by atoms with van der Waals surface area (Å²) in [6.07, 6.45) is -3.02. The number of anilines is 1. The predicted octanol–water partition coefficient (Wildman–Crippen LogP) is 3.14. The zero-order valence-electron chi connectivity index (χ0n) is 18.7. The van der Waals surface area contributed by atoms with Gasteiger partial charge in [-0.25, -0.2) is 4.79 Å². The maximum atomic E-state index is 12.3. The van der Waals surface area contributed by atoms with Crippen molar-refractivity contribution in [2.45, 2.75) is 24.5 Å². The van der Waals surface area contributed by atoms with Crippen LogP contribution in [0.5, 0.6) is 0 Å². The molecule has 1 heterocycles. The van der Waals surface area contributed by atoms with Gasteiger partial charge in [-0.3, -0.25) is 9.59 Å². The van der Waals surface area contributed by atoms with E-state index in [-0.39, 0.29) is 31.1 Å². The third-order valence-corrected chi connectivity index (χ3v) is 6.50. The Balaban J connectivity index is 1.13. The first-order chi connectivity index (χ1) is 16.9. The highest BCUT2D eigenvalue weighted by atomic mass is 16.5. The van der Waals surface area contributed by atoms with Crippen molar-refractivity contribution < 1.29 is 29.3 Å². The van der Waals surface area contributed by atoms with Crippen molar-refractivity contribution in [1.82, 2.24) is 5.32 Å². The first-order valence-electron chi connectivity index (χ1n) is 11.4. The Kier molecular flexibility index (Phi) is 6.07. The minimum Gasteiger partial charge on any atom is -0.449 e. The third kappa shape index (κ3) is 4.29. The molecule has 35 heavy (non-hydrogen) atoms. The average Bonchev–Trinajstić information content (AvgIpc) is 3.35. The van der Waals surface area contributed by atoms with E-state index < -0.39 is 30.0 Å². The molecular weight excluding hydrogens is 448 g/mol. The molecule has 5 rings (SSSR count). The SMILES string of the molecule is O=C(NCCC(O)C(O)c1ccc2c(c1)C(=O)C(=O)N2)OCC1c2ccccc2-c2ccccc21. The summed E-state index contributed by atoms with van der Waals surface area (Å²) in [5.74, 6) is -1.45. The molecule has 0 fully saturated rings. The van der Waals surface area contributed by atoms with Gasteiger partial charge in [-0.1, -0.05) is 54.6 Å². The van der Waals surface area contributed by atoms with Gasteiger partial charge in [0, 0.05) is 12.5 Å². The maximum absolute atomic E-state index is 12.3. The van der Waals surface area contributed by atoms with Crippen molar-refractivity contribution in [3.63, 3.8) is 0 Å². The van der Waals surface area contributed by atoms with E-state index in [0.717, 1.165) is 22.3 Å². The number of rotatable bonds is 7. The number of carbonyl (C=O) groups is 3. The van der Waals surface area contributed by atoms with E-state index in [1.807, 2.05) is 36.4 Å². The second kappa shape index (κ2) is 9.32. The predicted molar refractivity (Wildman–Crippen MR) is 128 cm³/mol. The molecule has 0 spiro atoms. The van der Waals surface area contributed by atoms with E-state index in [1.54, 1.807) is 0 Å². The molecule has 0 aromatic heterocycles. The lowest BCUT2D eigenvalue weighted by Gasteiger charge is -2.19. The molecule has 1 aliphatic heterocycles. The van der Waals surface area contributed by atoms with Gasteiger partial charge in [-0.05, 0) is 46.4 Å². The molecule has 0 saturated carbocycles. The fourth-order valence-corrected chi connectivity index (χ4v) is 4.70. The molecule has 2 unspecified atom stereocenters. The number of benzene rings is 3. The fourth-order valence-electron chi connectivity index (χ4n) is 4.70. The number of hydrogen-bond donors (Lipinski definition) is 4. The fraction of sp³-hybridized carbons (Fsp3) is 0.222. The number of aliphatic hydroxyl groups is 2. The summed E-state index contributed by atoms with van der Waals surface area (Å²) in [4.78, 5) is 35.6. The van der Waals surface area contributed by atoms with Crippen molar-refractivity contribution in [2.24, 2.45) is 0 Å². The Labute approximate surface area is 201 Å². The molecule has 2 aliphatic rings. The Bertz CT molecular complexity index is 1280. The van der Waals surface area contributed by atoms with Crippen LogP contribution in [0.4, 0.5) is 10.5 Å². The number of hydrogen-bond acceptors (Lipinski definition) is 6. The monoisotopic (exact) mass is 472 g/mol. The van der Waals surface area contributed by atoms with Crippen LogP contribution in [-0.2, 0) is 9.53 Å². The number of ketones is 1. The van der Waals surface area contributed by atoms with Crippen molar-refractivity contribution in [3.8, 4) is 11.1 Å². The molecule has 0 bridgehead atoms. The molecule has 1 aliphatic carbocycles.